The van der Waals surface area contributed by atoms with E-state index >= 15 is 0 Å². The van der Waals surface area contributed by atoms with E-state index in [1.165, 1.54) is 24.1 Å². The van der Waals surface area contributed by atoms with Gasteiger partial charge in [0, 0.05) is 26.3 Å². The Kier molecular flexibility index (Phi) is 6.57. The van der Waals surface area contributed by atoms with Gasteiger partial charge in [-0.15, -0.1) is 5.10 Å². The molecule has 0 aliphatic rings. The molecule has 1 aromatic carbocycles. The van der Waals surface area contributed by atoms with Crippen LogP contribution >= 0.6 is 0 Å². The summed E-state index contributed by atoms with van der Waals surface area (Å²) in [7, 11) is 4.72. The first-order valence-electron chi connectivity index (χ1n) is 9.49. The van der Waals surface area contributed by atoms with Crippen molar-refractivity contribution in [2.75, 3.05) is 20.8 Å². The maximum absolute atomic E-state index is 12.6. The average Bonchev–Trinajstić information content (AvgIpc) is 3.01. The second-order valence-corrected chi connectivity index (χ2v) is 7.11. The van der Waals surface area contributed by atoms with E-state index in [9.17, 15) is 13.6 Å². The molecule has 8 nitrogen and oxygen atoms in total. The van der Waals surface area contributed by atoms with E-state index in [-0.39, 0.29) is 30.6 Å². The number of alkyl halides is 2. The Hall–Kier alpha value is -3.43. The van der Waals surface area contributed by atoms with Crippen LogP contribution in [0.3, 0.4) is 0 Å². The molecule has 2 heterocycles. The molecule has 0 aliphatic heterocycles. The quantitative estimate of drug-likeness (QED) is 0.542. The van der Waals surface area contributed by atoms with Crippen LogP contribution < -0.4 is 14.2 Å². The number of methoxy groups -OCH3 is 1. The first-order chi connectivity index (χ1) is 14.7. The van der Waals surface area contributed by atoms with Gasteiger partial charge in [0.15, 0.2) is 23.8 Å². The number of likely N-dealkylation sites (N-methyl/N-ethyl adjacent to an activating group) is 1. The molecule has 31 heavy (non-hydrogen) atoms. The number of carbonyl (C=O) groups is 1. The lowest BCUT2D eigenvalue weighted by Gasteiger charge is -2.18. The molecule has 1 amide bonds. The van der Waals surface area contributed by atoms with Crippen LogP contribution in [-0.2, 0) is 18.4 Å². The standard InChI is InChI=1S/C21H24F2N4O4/c1-12-8-13(2)24-19-18(12)20(25-27(19)4)30-11-17(28)26(3)10-14-6-7-15(29-5)16(9-14)31-21(22)23/h6-9,21H,10-11H2,1-5H3. The van der Waals surface area contributed by atoms with Crippen molar-refractivity contribution in [1.82, 2.24) is 19.7 Å². The number of carbonyl (C=O) groups excluding carboxylic acids is 1. The number of hydrogen-bond donors (Lipinski definition) is 0. The van der Waals surface area contributed by atoms with Gasteiger partial charge >= 0.3 is 6.61 Å². The summed E-state index contributed by atoms with van der Waals surface area (Å²) in [5.74, 6) is 0.123. The second-order valence-electron chi connectivity index (χ2n) is 7.11. The van der Waals surface area contributed by atoms with Crippen molar-refractivity contribution in [3.05, 3.63) is 41.1 Å². The Morgan fingerprint density at radius 3 is 2.65 bits per heavy atom. The predicted molar refractivity (Wildman–Crippen MR) is 110 cm³/mol. The molecule has 0 bridgehead atoms. The minimum Gasteiger partial charge on any atom is -0.493 e. The SMILES string of the molecule is COc1ccc(CN(C)C(=O)COc2nn(C)c3nc(C)cc(C)c23)cc1OC(F)F. The van der Waals surface area contributed by atoms with E-state index in [4.69, 9.17) is 9.47 Å². The zero-order valence-electron chi connectivity index (χ0n) is 18.0. The summed E-state index contributed by atoms with van der Waals surface area (Å²) in [6.45, 7) is 0.797. The normalized spacial score (nSPS) is 11.1. The van der Waals surface area contributed by atoms with Crippen LogP contribution in [-0.4, -0.2) is 52.9 Å². The molecule has 0 spiro atoms. The number of aromatic nitrogens is 3. The highest BCUT2D eigenvalue weighted by Gasteiger charge is 2.18. The third-order valence-corrected chi connectivity index (χ3v) is 4.71. The number of fused-ring (bicyclic) bond motifs is 1. The van der Waals surface area contributed by atoms with Crippen molar-refractivity contribution in [3.8, 4) is 17.4 Å². The van der Waals surface area contributed by atoms with E-state index in [0.717, 1.165) is 16.6 Å². The summed E-state index contributed by atoms with van der Waals surface area (Å²) in [6.07, 6.45) is 0. The summed E-state index contributed by atoms with van der Waals surface area (Å²) < 4.78 is 42.0. The summed E-state index contributed by atoms with van der Waals surface area (Å²) in [6, 6.07) is 6.53. The van der Waals surface area contributed by atoms with E-state index in [2.05, 4.69) is 14.8 Å². The van der Waals surface area contributed by atoms with E-state index in [1.54, 1.807) is 24.8 Å². The second kappa shape index (κ2) is 9.15. The van der Waals surface area contributed by atoms with Gasteiger partial charge < -0.3 is 19.1 Å². The Balaban J connectivity index is 1.69. The maximum Gasteiger partial charge on any atom is 0.387 e. The monoisotopic (exact) mass is 434 g/mol. The van der Waals surface area contributed by atoms with Crippen LogP contribution in [0.15, 0.2) is 24.3 Å². The number of amides is 1. The Bertz CT molecular complexity index is 1100. The average molecular weight is 434 g/mol. The lowest BCUT2D eigenvalue weighted by atomic mass is 10.2. The fourth-order valence-electron chi connectivity index (χ4n) is 3.26. The van der Waals surface area contributed by atoms with Crippen LogP contribution in [0.4, 0.5) is 8.78 Å². The van der Waals surface area contributed by atoms with E-state index in [1.807, 2.05) is 19.9 Å². The zero-order valence-corrected chi connectivity index (χ0v) is 18.0. The molecule has 0 radical (unpaired) electrons. The van der Waals surface area contributed by atoms with Gasteiger partial charge in [-0.2, -0.15) is 8.78 Å². The maximum atomic E-state index is 12.6. The van der Waals surface area contributed by atoms with Crippen molar-refractivity contribution < 1.29 is 27.8 Å². The molecule has 0 saturated heterocycles. The fraction of sp³-hybridized carbons (Fsp3) is 0.381. The van der Waals surface area contributed by atoms with Crippen LogP contribution in [0, 0.1) is 13.8 Å². The lowest BCUT2D eigenvalue weighted by Crippen LogP contribution is -2.31. The largest absolute Gasteiger partial charge is 0.493 e. The summed E-state index contributed by atoms with van der Waals surface area (Å²) in [5.41, 5.74) is 3.10. The molecule has 0 N–H and O–H groups in total. The Morgan fingerprint density at radius 1 is 1.23 bits per heavy atom. The van der Waals surface area contributed by atoms with Crippen LogP contribution in [0.2, 0.25) is 0 Å². The summed E-state index contributed by atoms with van der Waals surface area (Å²) in [5, 5.41) is 5.08. The van der Waals surface area contributed by atoms with Gasteiger partial charge in [0.05, 0.1) is 12.5 Å². The third kappa shape index (κ3) is 5.01. The minimum atomic E-state index is -2.98. The number of nitrogens with zero attached hydrogens (tertiary/aromatic N) is 4. The van der Waals surface area contributed by atoms with Crippen molar-refractivity contribution in [3.63, 3.8) is 0 Å². The molecule has 3 rings (SSSR count). The van der Waals surface area contributed by atoms with Gasteiger partial charge in [-0.1, -0.05) is 6.07 Å². The number of ether oxygens (including phenoxy) is 3. The van der Waals surface area contributed by atoms with Gasteiger partial charge in [0.25, 0.3) is 5.91 Å². The number of halogens is 2. The van der Waals surface area contributed by atoms with Crippen LogP contribution in [0.5, 0.6) is 17.4 Å². The summed E-state index contributed by atoms with van der Waals surface area (Å²) >= 11 is 0. The summed E-state index contributed by atoms with van der Waals surface area (Å²) in [4.78, 5) is 18.5. The van der Waals surface area contributed by atoms with Gasteiger partial charge in [0.2, 0.25) is 5.88 Å². The van der Waals surface area contributed by atoms with Gasteiger partial charge in [-0.25, -0.2) is 9.67 Å². The molecule has 0 fully saturated rings. The fourth-order valence-corrected chi connectivity index (χ4v) is 3.26. The lowest BCUT2D eigenvalue weighted by molar-refractivity contribution is -0.132. The van der Waals surface area contributed by atoms with E-state index in [0.29, 0.717) is 17.1 Å². The first-order valence-corrected chi connectivity index (χ1v) is 9.49. The highest BCUT2D eigenvalue weighted by molar-refractivity contribution is 5.85. The molecular formula is C21H24F2N4O4. The topological polar surface area (TPSA) is 78.7 Å². The Morgan fingerprint density at radius 2 is 1.97 bits per heavy atom. The molecule has 2 aromatic heterocycles. The predicted octanol–water partition coefficient (Wildman–Crippen LogP) is 3.23. The van der Waals surface area contributed by atoms with Crippen molar-refractivity contribution in [2.24, 2.45) is 7.05 Å². The molecule has 0 aliphatic carbocycles. The van der Waals surface area contributed by atoms with Crippen molar-refractivity contribution in [1.29, 1.82) is 0 Å². The third-order valence-electron chi connectivity index (χ3n) is 4.71. The van der Waals surface area contributed by atoms with Crippen molar-refractivity contribution in [2.45, 2.75) is 27.0 Å². The Labute approximate surface area is 178 Å². The molecular weight excluding hydrogens is 410 g/mol. The van der Waals surface area contributed by atoms with Gasteiger partial charge in [-0.3, -0.25) is 4.79 Å². The van der Waals surface area contributed by atoms with Crippen LogP contribution in [0.1, 0.15) is 16.8 Å². The molecule has 10 heteroatoms. The van der Waals surface area contributed by atoms with E-state index < -0.39 is 6.61 Å². The molecule has 0 atom stereocenters. The number of pyridine rings is 1. The minimum absolute atomic E-state index is 0.0923. The zero-order chi connectivity index (χ0) is 22.7. The number of rotatable bonds is 8. The highest BCUT2D eigenvalue weighted by Crippen LogP contribution is 2.30. The highest BCUT2D eigenvalue weighted by atomic mass is 19.3. The van der Waals surface area contributed by atoms with Crippen LogP contribution in [0.25, 0.3) is 11.0 Å². The smallest absolute Gasteiger partial charge is 0.387 e. The number of benzene rings is 1. The van der Waals surface area contributed by atoms with Gasteiger partial charge in [0.1, 0.15) is 0 Å². The molecule has 166 valence electrons. The molecule has 0 saturated carbocycles. The first kappa shape index (κ1) is 22.3. The molecule has 3 aromatic rings. The van der Waals surface area contributed by atoms with Gasteiger partial charge in [-0.05, 0) is 43.2 Å². The molecule has 0 unspecified atom stereocenters. The number of aryl methyl sites for hydroxylation is 3. The number of hydrogen-bond acceptors (Lipinski definition) is 6. The van der Waals surface area contributed by atoms with Crippen molar-refractivity contribution >= 4 is 16.9 Å².